The number of aryl methyl sites for hydroxylation is 1. The first-order valence-corrected chi connectivity index (χ1v) is 8.39. The van der Waals surface area contributed by atoms with Gasteiger partial charge in [0.2, 0.25) is 5.91 Å². The predicted octanol–water partition coefficient (Wildman–Crippen LogP) is 5.24. The monoisotopic (exact) mass is 358 g/mol. The van der Waals surface area contributed by atoms with Gasteiger partial charge in [0.25, 0.3) is 5.69 Å². The standard InChI is InChI=1S/C19H19ClN2O3/c1-2-3-4-14-5-9-16(10-6-14)21-19(23)12-8-15-7-11-17(20)18(13-15)22(24)25/h5-13H,2-4H2,1H3,(H,21,23)/b12-8+. The first-order chi connectivity index (χ1) is 12.0. The van der Waals surface area contributed by atoms with Crippen LogP contribution in [0.3, 0.4) is 0 Å². The van der Waals surface area contributed by atoms with E-state index in [9.17, 15) is 14.9 Å². The van der Waals surface area contributed by atoms with E-state index < -0.39 is 4.92 Å². The second-order valence-electron chi connectivity index (χ2n) is 5.59. The highest BCUT2D eigenvalue weighted by molar-refractivity contribution is 6.32. The van der Waals surface area contributed by atoms with Gasteiger partial charge in [-0.05, 0) is 48.2 Å². The summed E-state index contributed by atoms with van der Waals surface area (Å²) in [5.41, 5.74) is 2.29. The summed E-state index contributed by atoms with van der Waals surface area (Å²) in [6, 6.07) is 12.1. The van der Waals surface area contributed by atoms with Crippen molar-refractivity contribution >= 4 is 35.0 Å². The van der Waals surface area contributed by atoms with Gasteiger partial charge in [-0.15, -0.1) is 0 Å². The number of carbonyl (C=O) groups is 1. The second kappa shape index (κ2) is 8.99. The molecule has 0 saturated heterocycles. The molecule has 2 aromatic rings. The Morgan fingerprint density at radius 2 is 1.96 bits per heavy atom. The number of hydrogen-bond acceptors (Lipinski definition) is 3. The molecule has 0 spiro atoms. The molecule has 0 fully saturated rings. The first kappa shape index (κ1) is 18.7. The zero-order valence-corrected chi connectivity index (χ0v) is 14.6. The van der Waals surface area contributed by atoms with Crippen molar-refractivity contribution in [1.29, 1.82) is 0 Å². The highest BCUT2D eigenvalue weighted by Gasteiger charge is 2.11. The Labute approximate surface area is 151 Å². The molecule has 130 valence electrons. The molecule has 0 aliphatic heterocycles. The Balaban J connectivity index is 1.99. The van der Waals surface area contributed by atoms with Crippen molar-refractivity contribution in [1.82, 2.24) is 0 Å². The van der Waals surface area contributed by atoms with Gasteiger partial charge in [0, 0.05) is 17.8 Å². The molecule has 1 amide bonds. The molecule has 0 unspecified atom stereocenters. The Kier molecular flexibility index (Phi) is 6.71. The van der Waals surface area contributed by atoms with Gasteiger partial charge < -0.3 is 5.32 Å². The van der Waals surface area contributed by atoms with Gasteiger partial charge >= 0.3 is 0 Å². The maximum Gasteiger partial charge on any atom is 0.288 e. The minimum atomic E-state index is -0.556. The molecule has 0 heterocycles. The summed E-state index contributed by atoms with van der Waals surface area (Å²) >= 11 is 5.76. The Morgan fingerprint density at radius 1 is 1.24 bits per heavy atom. The fourth-order valence-electron chi connectivity index (χ4n) is 2.26. The van der Waals surface area contributed by atoms with E-state index in [4.69, 9.17) is 11.6 Å². The topological polar surface area (TPSA) is 72.2 Å². The number of nitro benzene ring substituents is 1. The van der Waals surface area contributed by atoms with E-state index in [-0.39, 0.29) is 16.6 Å². The maximum absolute atomic E-state index is 12.0. The van der Waals surface area contributed by atoms with E-state index >= 15 is 0 Å². The van der Waals surface area contributed by atoms with Crippen molar-refractivity contribution in [3.05, 3.63) is 74.8 Å². The number of unbranched alkanes of at least 4 members (excludes halogenated alkanes) is 1. The van der Waals surface area contributed by atoms with Crippen LogP contribution in [0, 0.1) is 10.1 Å². The molecule has 5 nitrogen and oxygen atoms in total. The molecule has 0 aliphatic rings. The summed E-state index contributed by atoms with van der Waals surface area (Å²) in [4.78, 5) is 22.3. The molecule has 25 heavy (non-hydrogen) atoms. The molecule has 1 N–H and O–H groups in total. The third kappa shape index (κ3) is 5.72. The summed E-state index contributed by atoms with van der Waals surface area (Å²) in [6.45, 7) is 2.15. The van der Waals surface area contributed by atoms with Gasteiger partial charge in [0.1, 0.15) is 5.02 Å². The number of carbonyl (C=O) groups excluding carboxylic acids is 1. The molecular formula is C19H19ClN2O3. The van der Waals surface area contributed by atoms with E-state index in [2.05, 4.69) is 12.2 Å². The fourth-order valence-corrected chi connectivity index (χ4v) is 2.45. The lowest BCUT2D eigenvalue weighted by molar-refractivity contribution is -0.384. The number of hydrogen-bond donors (Lipinski definition) is 1. The Bertz CT molecular complexity index is 786. The van der Waals surface area contributed by atoms with E-state index in [1.165, 1.54) is 29.8 Å². The maximum atomic E-state index is 12.0. The van der Waals surface area contributed by atoms with Crippen molar-refractivity contribution in [2.75, 3.05) is 5.32 Å². The van der Waals surface area contributed by atoms with Crippen molar-refractivity contribution in [3.63, 3.8) is 0 Å². The van der Waals surface area contributed by atoms with Gasteiger partial charge in [-0.25, -0.2) is 0 Å². The highest BCUT2D eigenvalue weighted by atomic mass is 35.5. The molecule has 0 aromatic heterocycles. The summed E-state index contributed by atoms with van der Waals surface area (Å²) in [5.74, 6) is -0.307. The summed E-state index contributed by atoms with van der Waals surface area (Å²) < 4.78 is 0. The summed E-state index contributed by atoms with van der Waals surface area (Å²) in [6.07, 6.45) is 6.15. The molecule has 0 atom stereocenters. The zero-order chi connectivity index (χ0) is 18.2. The van der Waals surface area contributed by atoms with Crippen molar-refractivity contribution in [2.24, 2.45) is 0 Å². The predicted molar refractivity (Wildman–Crippen MR) is 101 cm³/mol. The number of benzene rings is 2. The first-order valence-electron chi connectivity index (χ1n) is 8.01. The van der Waals surface area contributed by atoms with Crippen LogP contribution >= 0.6 is 11.6 Å². The third-order valence-corrected chi connectivity index (χ3v) is 3.95. The van der Waals surface area contributed by atoms with E-state index in [0.717, 1.165) is 19.3 Å². The van der Waals surface area contributed by atoms with Crippen molar-refractivity contribution < 1.29 is 9.72 Å². The molecule has 0 bridgehead atoms. The number of halogens is 1. The second-order valence-corrected chi connectivity index (χ2v) is 6.00. The Morgan fingerprint density at radius 3 is 2.60 bits per heavy atom. The van der Waals surface area contributed by atoms with Crippen molar-refractivity contribution in [3.8, 4) is 0 Å². The van der Waals surface area contributed by atoms with Gasteiger partial charge in [-0.2, -0.15) is 0 Å². The lowest BCUT2D eigenvalue weighted by Crippen LogP contribution is -2.07. The lowest BCUT2D eigenvalue weighted by atomic mass is 10.1. The Hall–Kier alpha value is -2.66. The number of nitro groups is 1. The number of nitrogens with zero attached hydrogens (tertiary/aromatic N) is 1. The fraction of sp³-hybridized carbons (Fsp3) is 0.211. The van der Waals surface area contributed by atoms with Crippen LogP contribution in [0.2, 0.25) is 5.02 Å². The van der Waals surface area contributed by atoms with Gasteiger partial charge in [0.15, 0.2) is 0 Å². The number of amides is 1. The highest BCUT2D eigenvalue weighted by Crippen LogP contribution is 2.25. The number of nitrogens with one attached hydrogen (secondary N) is 1. The summed E-state index contributed by atoms with van der Waals surface area (Å²) in [5, 5.41) is 13.7. The number of rotatable bonds is 7. The molecule has 2 aromatic carbocycles. The van der Waals surface area contributed by atoms with Gasteiger partial charge in [0.05, 0.1) is 4.92 Å². The van der Waals surface area contributed by atoms with Crippen LogP contribution < -0.4 is 5.32 Å². The van der Waals surface area contributed by atoms with E-state index in [1.807, 2.05) is 24.3 Å². The average Bonchev–Trinajstić information content (AvgIpc) is 2.60. The summed E-state index contributed by atoms with van der Waals surface area (Å²) in [7, 11) is 0. The van der Waals surface area contributed by atoms with Gasteiger partial charge in [-0.3, -0.25) is 14.9 Å². The lowest BCUT2D eigenvalue weighted by Gasteiger charge is -2.04. The van der Waals surface area contributed by atoms with Crippen molar-refractivity contribution in [2.45, 2.75) is 26.2 Å². The largest absolute Gasteiger partial charge is 0.323 e. The molecule has 0 radical (unpaired) electrons. The molecule has 2 rings (SSSR count). The van der Waals surface area contributed by atoms with E-state index in [0.29, 0.717) is 11.3 Å². The van der Waals surface area contributed by atoms with Crippen LogP contribution in [0.25, 0.3) is 6.08 Å². The van der Waals surface area contributed by atoms with Gasteiger partial charge in [-0.1, -0.05) is 43.1 Å². The molecule has 6 heteroatoms. The molecule has 0 saturated carbocycles. The van der Waals surface area contributed by atoms with E-state index in [1.54, 1.807) is 6.07 Å². The normalized spacial score (nSPS) is 10.8. The third-order valence-electron chi connectivity index (χ3n) is 3.63. The zero-order valence-electron chi connectivity index (χ0n) is 13.9. The van der Waals surface area contributed by atoms with Crippen LogP contribution in [0.5, 0.6) is 0 Å². The van der Waals surface area contributed by atoms with Crippen LogP contribution in [0.1, 0.15) is 30.9 Å². The molecular weight excluding hydrogens is 340 g/mol. The average molecular weight is 359 g/mol. The van der Waals surface area contributed by atoms with Crippen LogP contribution in [0.15, 0.2) is 48.5 Å². The smallest absolute Gasteiger partial charge is 0.288 e. The van der Waals surface area contributed by atoms with Crippen LogP contribution in [0.4, 0.5) is 11.4 Å². The van der Waals surface area contributed by atoms with Crippen LogP contribution in [-0.4, -0.2) is 10.8 Å². The SMILES string of the molecule is CCCCc1ccc(NC(=O)/C=C/c2ccc(Cl)c([N+](=O)[O-])c2)cc1. The minimum Gasteiger partial charge on any atom is -0.323 e. The number of anilines is 1. The minimum absolute atomic E-state index is 0.0646. The van der Waals surface area contributed by atoms with Crippen LogP contribution in [-0.2, 0) is 11.2 Å². The molecule has 0 aliphatic carbocycles. The quantitative estimate of drug-likeness (QED) is 0.417.